The highest BCUT2D eigenvalue weighted by Gasteiger charge is 2.37. The molecular formula is C14H23N3O4S. The molecule has 0 aromatic carbocycles. The Morgan fingerprint density at radius 2 is 2.05 bits per heavy atom. The van der Waals surface area contributed by atoms with Crippen molar-refractivity contribution in [1.82, 2.24) is 14.5 Å². The molecule has 1 atom stereocenters. The number of hydrogen-bond donors (Lipinski definition) is 1. The highest BCUT2D eigenvalue weighted by molar-refractivity contribution is 7.88. The maximum absolute atomic E-state index is 12.5. The Morgan fingerprint density at radius 1 is 1.41 bits per heavy atom. The topological polar surface area (TPSA) is 86.8 Å². The average molecular weight is 329 g/mol. The fourth-order valence-corrected chi connectivity index (χ4v) is 3.89. The summed E-state index contributed by atoms with van der Waals surface area (Å²) in [5, 5.41) is 0. The lowest BCUT2D eigenvalue weighted by Gasteiger charge is -2.33. The van der Waals surface area contributed by atoms with Crippen LogP contribution in [0.2, 0.25) is 0 Å². The molecule has 0 radical (unpaired) electrons. The number of hydrogen-bond acceptors (Lipinski definition) is 4. The Kier molecular flexibility index (Phi) is 5.23. The summed E-state index contributed by atoms with van der Waals surface area (Å²) in [7, 11) is -3.21. The fourth-order valence-electron chi connectivity index (χ4n) is 3.05. The summed E-state index contributed by atoms with van der Waals surface area (Å²) >= 11 is 0. The van der Waals surface area contributed by atoms with Crippen LogP contribution >= 0.6 is 0 Å². The van der Waals surface area contributed by atoms with Gasteiger partial charge >= 0.3 is 0 Å². The Labute approximate surface area is 131 Å². The summed E-state index contributed by atoms with van der Waals surface area (Å²) in [5.41, 5.74) is 0. The average Bonchev–Trinajstić information content (AvgIpc) is 2.79. The standard InChI is InChI=1S/C14H23N3O4S/c1-3-6-17-10-11(9-13(17)18)14(19)16-7-4-12(5-8-16)15-22(2,20)21/h3,11-12,15H,1,4-10H2,2H3. The minimum atomic E-state index is -3.21. The maximum Gasteiger partial charge on any atom is 0.227 e. The molecule has 2 aliphatic heterocycles. The summed E-state index contributed by atoms with van der Waals surface area (Å²) < 4.78 is 25.0. The molecule has 2 aliphatic rings. The molecule has 2 amide bonds. The molecule has 0 bridgehead atoms. The van der Waals surface area contributed by atoms with E-state index < -0.39 is 10.0 Å². The number of piperidine rings is 1. The summed E-state index contributed by atoms with van der Waals surface area (Å²) in [5.74, 6) is -0.295. The molecule has 1 unspecified atom stereocenters. The smallest absolute Gasteiger partial charge is 0.227 e. The van der Waals surface area contributed by atoms with Crippen molar-refractivity contribution < 1.29 is 18.0 Å². The van der Waals surface area contributed by atoms with Crippen LogP contribution in [0.25, 0.3) is 0 Å². The highest BCUT2D eigenvalue weighted by atomic mass is 32.2. The van der Waals surface area contributed by atoms with Crippen LogP contribution in [-0.2, 0) is 19.6 Å². The van der Waals surface area contributed by atoms with E-state index in [0.717, 1.165) is 6.26 Å². The van der Waals surface area contributed by atoms with Gasteiger partial charge in [0.05, 0.1) is 12.2 Å². The number of rotatable bonds is 5. The van der Waals surface area contributed by atoms with E-state index in [4.69, 9.17) is 0 Å². The van der Waals surface area contributed by atoms with Gasteiger partial charge in [-0.15, -0.1) is 6.58 Å². The Bertz CT molecular complexity index is 552. The maximum atomic E-state index is 12.5. The third-order valence-electron chi connectivity index (χ3n) is 4.10. The van der Waals surface area contributed by atoms with Crippen molar-refractivity contribution in [1.29, 1.82) is 0 Å². The Morgan fingerprint density at radius 3 is 2.59 bits per heavy atom. The molecule has 8 heteroatoms. The van der Waals surface area contributed by atoms with Crippen LogP contribution in [0, 0.1) is 5.92 Å². The molecule has 2 fully saturated rings. The van der Waals surface area contributed by atoms with Gasteiger partial charge in [0, 0.05) is 38.6 Å². The molecular weight excluding hydrogens is 306 g/mol. The second kappa shape index (κ2) is 6.78. The first-order valence-corrected chi connectivity index (χ1v) is 9.34. The van der Waals surface area contributed by atoms with Gasteiger partial charge in [-0.25, -0.2) is 13.1 Å². The van der Waals surface area contributed by atoms with E-state index in [2.05, 4.69) is 11.3 Å². The van der Waals surface area contributed by atoms with Crippen molar-refractivity contribution >= 4 is 21.8 Å². The number of likely N-dealkylation sites (tertiary alicyclic amines) is 2. The van der Waals surface area contributed by atoms with Crippen molar-refractivity contribution in [3.63, 3.8) is 0 Å². The van der Waals surface area contributed by atoms with Gasteiger partial charge in [-0.2, -0.15) is 0 Å². The quantitative estimate of drug-likeness (QED) is 0.693. The van der Waals surface area contributed by atoms with Crippen molar-refractivity contribution in [3.05, 3.63) is 12.7 Å². The lowest BCUT2D eigenvalue weighted by atomic mass is 10.0. The van der Waals surface area contributed by atoms with Gasteiger partial charge in [0.2, 0.25) is 21.8 Å². The number of sulfonamides is 1. The molecule has 124 valence electrons. The zero-order valence-electron chi connectivity index (χ0n) is 12.8. The predicted molar refractivity (Wildman–Crippen MR) is 82.5 cm³/mol. The molecule has 2 rings (SSSR count). The minimum Gasteiger partial charge on any atom is -0.342 e. The lowest BCUT2D eigenvalue weighted by molar-refractivity contribution is -0.136. The molecule has 22 heavy (non-hydrogen) atoms. The molecule has 7 nitrogen and oxygen atoms in total. The van der Waals surface area contributed by atoms with E-state index in [1.54, 1.807) is 15.9 Å². The summed E-state index contributed by atoms with van der Waals surface area (Å²) in [4.78, 5) is 27.7. The molecule has 2 saturated heterocycles. The van der Waals surface area contributed by atoms with E-state index in [0.29, 0.717) is 39.0 Å². The first kappa shape index (κ1) is 17.0. The summed E-state index contributed by atoms with van der Waals surface area (Å²) in [6, 6.07) is -0.110. The Balaban J connectivity index is 1.85. The van der Waals surface area contributed by atoms with Crippen molar-refractivity contribution in [2.45, 2.75) is 25.3 Å². The molecule has 2 heterocycles. The van der Waals surface area contributed by atoms with E-state index in [9.17, 15) is 18.0 Å². The van der Waals surface area contributed by atoms with Crippen LogP contribution in [0.3, 0.4) is 0 Å². The third-order valence-corrected chi connectivity index (χ3v) is 4.86. The molecule has 0 spiro atoms. The predicted octanol–water partition coefficient (Wildman–Crippen LogP) is -0.439. The van der Waals surface area contributed by atoms with Gasteiger partial charge in [0.25, 0.3) is 0 Å². The summed E-state index contributed by atoms with van der Waals surface area (Å²) in [6.45, 7) is 5.59. The molecule has 0 aliphatic carbocycles. The van der Waals surface area contributed by atoms with Gasteiger partial charge in [-0.05, 0) is 12.8 Å². The highest BCUT2D eigenvalue weighted by Crippen LogP contribution is 2.22. The second-order valence-electron chi connectivity index (χ2n) is 5.98. The van der Waals surface area contributed by atoms with Crippen LogP contribution in [0.15, 0.2) is 12.7 Å². The van der Waals surface area contributed by atoms with Crippen LogP contribution < -0.4 is 4.72 Å². The summed E-state index contributed by atoms with van der Waals surface area (Å²) in [6.07, 6.45) is 4.27. The lowest BCUT2D eigenvalue weighted by Crippen LogP contribution is -2.48. The van der Waals surface area contributed by atoms with Crippen LogP contribution in [-0.4, -0.2) is 68.5 Å². The van der Waals surface area contributed by atoms with Crippen molar-refractivity contribution in [3.8, 4) is 0 Å². The Hall–Kier alpha value is -1.41. The number of nitrogens with one attached hydrogen (secondary N) is 1. The van der Waals surface area contributed by atoms with Crippen LogP contribution in [0.1, 0.15) is 19.3 Å². The number of carbonyl (C=O) groups is 2. The fraction of sp³-hybridized carbons (Fsp3) is 0.714. The van der Waals surface area contributed by atoms with E-state index in [1.165, 1.54) is 0 Å². The van der Waals surface area contributed by atoms with E-state index in [1.807, 2.05) is 0 Å². The SMILES string of the molecule is C=CCN1CC(C(=O)N2CCC(NS(C)(=O)=O)CC2)CC1=O. The molecule has 0 saturated carbocycles. The zero-order chi connectivity index (χ0) is 16.3. The molecule has 1 N–H and O–H groups in total. The molecule has 0 aromatic heterocycles. The van der Waals surface area contributed by atoms with Crippen molar-refractivity contribution in [2.75, 3.05) is 32.4 Å². The largest absolute Gasteiger partial charge is 0.342 e. The number of carbonyl (C=O) groups excluding carboxylic acids is 2. The second-order valence-corrected chi connectivity index (χ2v) is 7.76. The normalized spacial score (nSPS) is 23.9. The zero-order valence-corrected chi connectivity index (χ0v) is 13.6. The third kappa shape index (κ3) is 4.30. The first-order chi connectivity index (χ1) is 10.3. The first-order valence-electron chi connectivity index (χ1n) is 7.45. The van der Waals surface area contributed by atoms with Crippen molar-refractivity contribution in [2.24, 2.45) is 5.92 Å². The number of amides is 2. The number of nitrogens with zero attached hydrogens (tertiary/aromatic N) is 2. The monoisotopic (exact) mass is 329 g/mol. The molecule has 0 aromatic rings. The van der Waals surface area contributed by atoms with Crippen LogP contribution in [0.5, 0.6) is 0 Å². The minimum absolute atomic E-state index is 0.00211. The van der Waals surface area contributed by atoms with Gasteiger partial charge < -0.3 is 9.80 Å². The van der Waals surface area contributed by atoms with E-state index in [-0.39, 0.29) is 30.2 Å². The van der Waals surface area contributed by atoms with Gasteiger partial charge in [-0.3, -0.25) is 9.59 Å². The van der Waals surface area contributed by atoms with E-state index >= 15 is 0 Å². The van der Waals surface area contributed by atoms with Gasteiger partial charge in [-0.1, -0.05) is 6.08 Å². The van der Waals surface area contributed by atoms with Gasteiger partial charge in [0.15, 0.2) is 0 Å². The van der Waals surface area contributed by atoms with Crippen LogP contribution in [0.4, 0.5) is 0 Å². The van der Waals surface area contributed by atoms with Gasteiger partial charge in [0.1, 0.15) is 0 Å².